The minimum atomic E-state index is 0.0157. The molecule has 3 heterocycles. The number of nitrogens with zero attached hydrogens (tertiary/aromatic N) is 2. The zero-order chi connectivity index (χ0) is 13.9. The van der Waals surface area contributed by atoms with Gasteiger partial charge in [-0.3, -0.25) is 9.69 Å². The second-order valence-electron chi connectivity index (χ2n) is 5.06. The van der Waals surface area contributed by atoms with E-state index in [0.29, 0.717) is 24.1 Å². The summed E-state index contributed by atoms with van der Waals surface area (Å²) >= 11 is 6.72. The molecule has 3 saturated heterocycles. The van der Waals surface area contributed by atoms with Crippen LogP contribution in [0.15, 0.2) is 11.1 Å². The van der Waals surface area contributed by atoms with E-state index < -0.39 is 0 Å². The summed E-state index contributed by atoms with van der Waals surface area (Å²) in [5, 5.41) is 0. The Kier molecular flexibility index (Phi) is 4.60. The van der Waals surface area contributed by atoms with Crippen molar-refractivity contribution in [3.63, 3.8) is 0 Å². The summed E-state index contributed by atoms with van der Waals surface area (Å²) in [4.78, 5) is 16.9. The lowest BCUT2D eigenvalue weighted by atomic mass is 10.2. The standard InChI is InChI=1S/C13H18N2O3S2/c16-12-11(9-14-3-6-17-7-4-14)20-13(19)15(12)8-10-2-1-5-18-10/h9-10H,1-8H2/b11-9+/t10-/m0/s1. The van der Waals surface area contributed by atoms with Crippen molar-refractivity contribution in [2.75, 3.05) is 39.5 Å². The predicted octanol–water partition coefficient (Wildman–Crippen LogP) is 1.20. The van der Waals surface area contributed by atoms with Crippen LogP contribution in [0.25, 0.3) is 0 Å². The van der Waals surface area contributed by atoms with Crippen LogP contribution in [-0.2, 0) is 14.3 Å². The smallest absolute Gasteiger partial charge is 0.267 e. The monoisotopic (exact) mass is 314 g/mol. The fourth-order valence-electron chi connectivity index (χ4n) is 2.51. The summed E-state index contributed by atoms with van der Waals surface area (Å²) in [6.07, 6.45) is 4.15. The van der Waals surface area contributed by atoms with Gasteiger partial charge in [0.1, 0.15) is 4.32 Å². The van der Waals surface area contributed by atoms with E-state index in [1.165, 1.54) is 11.8 Å². The summed E-state index contributed by atoms with van der Waals surface area (Å²) in [7, 11) is 0. The molecule has 5 nitrogen and oxygen atoms in total. The minimum Gasteiger partial charge on any atom is -0.378 e. The normalized spacial score (nSPS) is 29.8. The third-order valence-electron chi connectivity index (χ3n) is 3.63. The van der Waals surface area contributed by atoms with Gasteiger partial charge in [-0.2, -0.15) is 0 Å². The molecule has 0 aromatic carbocycles. The lowest BCUT2D eigenvalue weighted by molar-refractivity contribution is -0.123. The Morgan fingerprint density at radius 2 is 2.15 bits per heavy atom. The van der Waals surface area contributed by atoms with Gasteiger partial charge in [-0.25, -0.2) is 0 Å². The van der Waals surface area contributed by atoms with Crippen molar-refractivity contribution in [3.8, 4) is 0 Å². The lowest BCUT2D eigenvalue weighted by Gasteiger charge is -2.25. The highest BCUT2D eigenvalue weighted by Gasteiger charge is 2.35. The second kappa shape index (κ2) is 6.43. The molecule has 3 rings (SSSR count). The van der Waals surface area contributed by atoms with Crippen LogP contribution in [0.4, 0.5) is 0 Å². The number of hydrogen-bond donors (Lipinski definition) is 0. The molecule has 0 aromatic rings. The van der Waals surface area contributed by atoms with E-state index in [1.807, 2.05) is 6.20 Å². The van der Waals surface area contributed by atoms with E-state index in [0.717, 1.165) is 37.4 Å². The topological polar surface area (TPSA) is 42.0 Å². The number of carbonyl (C=O) groups is 1. The Hall–Kier alpha value is -0.630. The molecular weight excluding hydrogens is 296 g/mol. The van der Waals surface area contributed by atoms with Crippen molar-refractivity contribution in [1.29, 1.82) is 0 Å². The number of morpholine rings is 1. The molecule has 0 bridgehead atoms. The van der Waals surface area contributed by atoms with Crippen LogP contribution in [-0.4, -0.2) is 65.6 Å². The van der Waals surface area contributed by atoms with Crippen molar-refractivity contribution in [1.82, 2.24) is 9.80 Å². The van der Waals surface area contributed by atoms with Gasteiger partial charge in [0.2, 0.25) is 0 Å². The number of hydrogen-bond acceptors (Lipinski definition) is 6. The number of thiocarbonyl (C=S) groups is 1. The number of carbonyl (C=O) groups excluding carboxylic acids is 1. The number of amides is 1. The third kappa shape index (κ3) is 3.16. The molecule has 0 saturated carbocycles. The first-order valence-corrected chi connectivity index (χ1v) is 8.15. The van der Waals surface area contributed by atoms with Gasteiger partial charge in [-0.05, 0) is 12.8 Å². The van der Waals surface area contributed by atoms with Gasteiger partial charge in [0.25, 0.3) is 5.91 Å². The predicted molar refractivity (Wildman–Crippen MR) is 81.4 cm³/mol. The van der Waals surface area contributed by atoms with Crippen molar-refractivity contribution >= 4 is 34.2 Å². The molecule has 110 valence electrons. The van der Waals surface area contributed by atoms with Gasteiger partial charge in [0, 0.05) is 25.9 Å². The molecule has 0 aromatic heterocycles. The SMILES string of the molecule is O=C1/C(=C\N2CCOCC2)SC(=S)N1C[C@@H]1CCCO1. The maximum Gasteiger partial charge on any atom is 0.267 e. The highest BCUT2D eigenvalue weighted by molar-refractivity contribution is 8.26. The Morgan fingerprint density at radius 1 is 1.35 bits per heavy atom. The summed E-state index contributed by atoms with van der Waals surface area (Å²) in [5.41, 5.74) is 0. The van der Waals surface area contributed by atoms with Crippen LogP contribution in [0.5, 0.6) is 0 Å². The molecular formula is C13H18N2O3S2. The van der Waals surface area contributed by atoms with Crippen molar-refractivity contribution in [3.05, 3.63) is 11.1 Å². The van der Waals surface area contributed by atoms with Gasteiger partial charge in [-0.1, -0.05) is 24.0 Å². The van der Waals surface area contributed by atoms with E-state index in [-0.39, 0.29) is 12.0 Å². The van der Waals surface area contributed by atoms with Gasteiger partial charge >= 0.3 is 0 Å². The quantitative estimate of drug-likeness (QED) is 0.576. The maximum absolute atomic E-state index is 12.4. The first-order valence-electron chi connectivity index (χ1n) is 6.93. The molecule has 20 heavy (non-hydrogen) atoms. The van der Waals surface area contributed by atoms with E-state index in [4.69, 9.17) is 21.7 Å². The average molecular weight is 314 g/mol. The number of thioether (sulfide) groups is 1. The van der Waals surface area contributed by atoms with Gasteiger partial charge in [0.15, 0.2) is 0 Å². The fourth-order valence-corrected chi connectivity index (χ4v) is 3.79. The Bertz CT molecular complexity index is 429. The van der Waals surface area contributed by atoms with Crippen molar-refractivity contribution in [2.45, 2.75) is 18.9 Å². The van der Waals surface area contributed by atoms with Gasteiger partial charge in [0.05, 0.1) is 30.8 Å². The van der Waals surface area contributed by atoms with Crippen LogP contribution in [0.2, 0.25) is 0 Å². The van der Waals surface area contributed by atoms with Crippen LogP contribution in [0.1, 0.15) is 12.8 Å². The zero-order valence-electron chi connectivity index (χ0n) is 11.2. The Labute approximate surface area is 128 Å². The first-order chi connectivity index (χ1) is 9.74. The molecule has 0 aliphatic carbocycles. The van der Waals surface area contributed by atoms with Gasteiger partial charge in [-0.15, -0.1) is 0 Å². The molecule has 0 radical (unpaired) electrons. The molecule has 3 fully saturated rings. The van der Waals surface area contributed by atoms with Gasteiger partial charge < -0.3 is 14.4 Å². The molecule has 0 N–H and O–H groups in total. The average Bonchev–Trinajstić information content (AvgIpc) is 3.05. The van der Waals surface area contributed by atoms with E-state index >= 15 is 0 Å². The van der Waals surface area contributed by atoms with E-state index in [2.05, 4.69) is 4.90 Å². The van der Waals surface area contributed by atoms with Crippen LogP contribution in [0, 0.1) is 0 Å². The van der Waals surface area contributed by atoms with Crippen molar-refractivity contribution < 1.29 is 14.3 Å². The zero-order valence-corrected chi connectivity index (χ0v) is 12.9. The summed E-state index contributed by atoms with van der Waals surface area (Å²) in [6, 6.07) is 0. The van der Waals surface area contributed by atoms with Crippen LogP contribution < -0.4 is 0 Å². The highest BCUT2D eigenvalue weighted by Crippen LogP contribution is 2.32. The number of rotatable bonds is 3. The summed E-state index contributed by atoms with van der Waals surface area (Å²) in [5.74, 6) is 0.0157. The Morgan fingerprint density at radius 3 is 2.85 bits per heavy atom. The molecule has 1 atom stereocenters. The highest BCUT2D eigenvalue weighted by atomic mass is 32.2. The first kappa shape index (κ1) is 14.3. The van der Waals surface area contributed by atoms with E-state index in [1.54, 1.807) is 4.90 Å². The molecule has 0 spiro atoms. The lowest BCUT2D eigenvalue weighted by Crippen LogP contribution is -2.36. The molecule has 3 aliphatic rings. The largest absolute Gasteiger partial charge is 0.378 e. The maximum atomic E-state index is 12.4. The van der Waals surface area contributed by atoms with E-state index in [9.17, 15) is 4.79 Å². The van der Waals surface area contributed by atoms with Crippen LogP contribution in [0.3, 0.4) is 0 Å². The van der Waals surface area contributed by atoms with Crippen LogP contribution >= 0.6 is 24.0 Å². The Balaban J connectivity index is 1.64. The molecule has 0 unspecified atom stereocenters. The number of ether oxygens (including phenoxy) is 2. The fraction of sp³-hybridized carbons (Fsp3) is 0.692. The third-order valence-corrected chi connectivity index (χ3v) is 4.99. The molecule has 3 aliphatic heterocycles. The van der Waals surface area contributed by atoms with Crippen molar-refractivity contribution in [2.24, 2.45) is 0 Å². The minimum absolute atomic E-state index is 0.0157. The molecule has 1 amide bonds. The summed E-state index contributed by atoms with van der Waals surface area (Å²) < 4.78 is 11.5. The second-order valence-corrected chi connectivity index (χ2v) is 6.74. The molecule has 7 heteroatoms. The summed E-state index contributed by atoms with van der Waals surface area (Å²) in [6.45, 7) is 4.47.